The van der Waals surface area contributed by atoms with Crippen LogP contribution in [0.1, 0.15) is 65.6 Å². The molecular weight excluding hydrogens is 743 g/mol. The molecule has 2 aliphatic heterocycles. The molecule has 0 saturated carbocycles. The summed E-state index contributed by atoms with van der Waals surface area (Å²) in [4.78, 5) is 34.4. The Bertz CT molecular complexity index is 1710. The van der Waals surface area contributed by atoms with Gasteiger partial charge in [-0.2, -0.15) is 0 Å². The predicted octanol–water partition coefficient (Wildman–Crippen LogP) is 7.51. The van der Waals surface area contributed by atoms with Crippen molar-refractivity contribution in [3.63, 3.8) is 0 Å². The van der Waals surface area contributed by atoms with E-state index in [4.69, 9.17) is 11.6 Å². The van der Waals surface area contributed by atoms with Crippen LogP contribution in [0.3, 0.4) is 0 Å². The largest absolute Gasteiger partial charge is 0.385 e. The molecule has 13 heteroatoms. The number of piperidine rings is 2. The van der Waals surface area contributed by atoms with Crippen molar-refractivity contribution < 1.29 is 23.5 Å². The van der Waals surface area contributed by atoms with Gasteiger partial charge in [-0.05, 0) is 110 Å². The number of likely N-dealkylation sites (tertiary alicyclic amines) is 2. The van der Waals surface area contributed by atoms with E-state index in [0.717, 1.165) is 29.7 Å². The van der Waals surface area contributed by atoms with E-state index < -0.39 is 11.0 Å². The summed E-state index contributed by atoms with van der Waals surface area (Å²) < 4.78 is 28.4. The summed E-state index contributed by atoms with van der Waals surface area (Å²) in [5.74, 6) is -0.786. The summed E-state index contributed by atoms with van der Waals surface area (Å²) in [7, 11) is 0. The number of rotatable bonds is 11. The third-order valence-electron chi connectivity index (χ3n) is 10.5. The quantitative estimate of drug-likeness (QED) is 0.146. The highest BCUT2D eigenvalue weighted by Gasteiger charge is 2.37. The second-order valence-corrected chi connectivity index (χ2v) is 14.1. The molecule has 8 nitrogen and oxygen atoms in total. The Balaban J connectivity index is 0.00000314. The number of halogens is 5. The molecule has 0 unspecified atom stereocenters. The van der Waals surface area contributed by atoms with Gasteiger partial charge < -0.3 is 25.5 Å². The number of carbonyl (C=O) groups excluding carboxylic acids is 2. The Hall–Kier alpha value is -3.80. The molecule has 284 valence electrons. The van der Waals surface area contributed by atoms with Gasteiger partial charge in [0.2, 0.25) is 0 Å². The molecule has 0 aliphatic carbocycles. The van der Waals surface area contributed by atoms with Crippen LogP contribution < -0.4 is 10.6 Å². The summed E-state index contributed by atoms with van der Waals surface area (Å²) in [6.07, 6.45) is 6.95. The maximum absolute atomic E-state index is 14.2. The first-order valence-electron chi connectivity index (χ1n) is 17.6. The average Bonchev–Trinajstić information content (AvgIpc) is 3.15. The Labute approximate surface area is 327 Å². The first kappa shape index (κ1) is 41.9. The minimum atomic E-state index is -0.907. The zero-order valence-electron chi connectivity index (χ0n) is 29.4. The maximum atomic E-state index is 14.2. The Kier molecular flexibility index (Phi) is 15.0. The van der Waals surface area contributed by atoms with Crippen LogP contribution >= 0.6 is 36.4 Å². The standard InChI is InChI=1S/C40H44ClF2N5O3.2ClH/c41-33-8-2-32(3-9-33)40(51)19-26-47(27-20-40)23-1-18-39(30-4-10-34(42)11-5-30,31-6-12-35(43)13-7-31)28-45-38(50)46-36-16-24-48(25-17-36)37(49)29-14-21-44-22-15-29;;/h2-15,21-22,36,51H,1,16-20,23-28H2,(H2,45,46,50);2*1H. The highest BCUT2D eigenvalue weighted by Crippen LogP contribution is 2.38. The number of hydrogen-bond donors (Lipinski definition) is 3. The van der Waals surface area contributed by atoms with Gasteiger partial charge in [0.25, 0.3) is 5.91 Å². The van der Waals surface area contributed by atoms with Gasteiger partial charge in [0.05, 0.1) is 5.60 Å². The minimum absolute atomic E-state index is 0. The van der Waals surface area contributed by atoms with Crippen molar-refractivity contribution in [2.75, 3.05) is 39.3 Å². The molecule has 2 aliphatic rings. The topological polar surface area (TPSA) is 97.8 Å². The Morgan fingerprint density at radius 2 is 1.38 bits per heavy atom. The van der Waals surface area contributed by atoms with Crippen molar-refractivity contribution in [3.8, 4) is 0 Å². The average molecular weight is 789 g/mol. The molecule has 2 saturated heterocycles. The van der Waals surface area contributed by atoms with E-state index in [1.165, 1.54) is 24.3 Å². The third kappa shape index (κ3) is 10.5. The van der Waals surface area contributed by atoms with E-state index in [-0.39, 0.29) is 61.0 Å². The zero-order valence-corrected chi connectivity index (χ0v) is 31.7. The van der Waals surface area contributed by atoms with Gasteiger partial charge in [-0.1, -0.05) is 48.0 Å². The van der Waals surface area contributed by atoms with Gasteiger partial charge in [0, 0.05) is 67.2 Å². The number of nitrogens with zero attached hydrogens (tertiary/aromatic N) is 3. The molecule has 3 aromatic carbocycles. The zero-order chi connectivity index (χ0) is 35.8. The normalized spacial score (nSPS) is 16.2. The monoisotopic (exact) mass is 787 g/mol. The number of benzene rings is 3. The molecule has 3 heterocycles. The van der Waals surface area contributed by atoms with Crippen LogP contribution in [-0.2, 0) is 11.0 Å². The number of hydrogen-bond acceptors (Lipinski definition) is 5. The van der Waals surface area contributed by atoms with Crippen LogP contribution in [0.4, 0.5) is 13.6 Å². The summed E-state index contributed by atoms with van der Waals surface area (Å²) in [5, 5.41) is 18.2. The fourth-order valence-corrected chi connectivity index (χ4v) is 7.58. The summed E-state index contributed by atoms with van der Waals surface area (Å²) >= 11 is 6.07. The maximum Gasteiger partial charge on any atom is 0.315 e. The number of carbonyl (C=O) groups is 2. The predicted molar refractivity (Wildman–Crippen MR) is 208 cm³/mol. The SMILES string of the molecule is Cl.Cl.O=C(NCC(CCCN1CCC(O)(c2ccc(Cl)cc2)CC1)(c1ccc(F)cc1)c1ccc(F)cc1)NC1CCN(C(=O)c2ccncc2)CC1. The van der Waals surface area contributed by atoms with Gasteiger partial charge in [-0.25, -0.2) is 13.6 Å². The van der Waals surface area contributed by atoms with Gasteiger partial charge >= 0.3 is 6.03 Å². The van der Waals surface area contributed by atoms with Gasteiger partial charge in [0.1, 0.15) is 11.6 Å². The van der Waals surface area contributed by atoms with Crippen LogP contribution in [-0.4, -0.2) is 77.1 Å². The first-order chi connectivity index (χ1) is 24.6. The van der Waals surface area contributed by atoms with Crippen molar-refractivity contribution >= 4 is 48.4 Å². The van der Waals surface area contributed by atoms with Crippen LogP contribution in [0.15, 0.2) is 97.3 Å². The van der Waals surface area contributed by atoms with Crippen molar-refractivity contribution in [1.29, 1.82) is 0 Å². The van der Waals surface area contributed by atoms with Gasteiger partial charge in [-0.3, -0.25) is 9.78 Å². The fourth-order valence-electron chi connectivity index (χ4n) is 7.46. The number of nitrogens with one attached hydrogen (secondary N) is 2. The number of pyridine rings is 1. The molecular formula is C40H46Cl3F2N5O3. The number of amides is 3. The van der Waals surface area contributed by atoms with Crippen molar-refractivity contribution in [1.82, 2.24) is 25.4 Å². The molecule has 3 N–H and O–H groups in total. The van der Waals surface area contributed by atoms with E-state index in [1.807, 2.05) is 12.1 Å². The summed E-state index contributed by atoms with van der Waals surface area (Å²) in [5.41, 5.74) is 1.40. The lowest BCUT2D eigenvalue weighted by Crippen LogP contribution is -2.51. The third-order valence-corrected chi connectivity index (χ3v) is 10.8. The molecule has 0 bridgehead atoms. The molecule has 0 radical (unpaired) electrons. The highest BCUT2D eigenvalue weighted by molar-refractivity contribution is 6.30. The van der Waals surface area contributed by atoms with E-state index in [0.29, 0.717) is 68.9 Å². The molecule has 0 atom stereocenters. The van der Waals surface area contributed by atoms with Gasteiger partial charge in [0.15, 0.2) is 0 Å². The lowest BCUT2D eigenvalue weighted by Gasteiger charge is -2.40. The number of aromatic nitrogens is 1. The molecule has 53 heavy (non-hydrogen) atoms. The fraction of sp³-hybridized carbons (Fsp3) is 0.375. The van der Waals surface area contributed by atoms with E-state index in [1.54, 1.807) is 65.8 Å². The van der Waals surface area contributed by atoms with Gasteiger partial charge in [-0.15, -0.1) is 24.8 Å². The second kappa shape index (κ2) is 19.0. The molecule has 0 spiro atoms. The van der Waals surface area contributed by atoms with Crippen LogP contribution in [0.25, 0.3) is 0 Å². The smallest absolute Gasteiger partial charge is 0.315 e. The summed E-state index contributed by atoms with van der Waals surface area (Å²) in [6.45, 7) is 3.43. The lowest BCUT2D eigenvalue weighted by molar-refractivity contribution is -0.0262. The van der Waals surface area contributed by atoms with Crippen LogP contribution in [0.2, 0.25) is 5.02 Å². The lowest BCUT2D eigenvalue weighted by atomic mass is 9.71. The van der Waals surface area contributed by atoms with E-state index in [9.17, 15) is 23.5 Å². The van der Waals surface area contributed by atoms with E-state index >= 15 is 0 Å². The summed E-state index contributed by atoms with van der Waals surface area (Å²) in [6, 6.07) is 22.9. The molecule has 3 amide bonds. The number of urea groups is 1. The van der Waals surface area contributed by atoms with Crippen molar-refractivity contribution in [2.45, 2.75) is 55.6 Å². The molecule has 1 aromatic heterocycles. The van der Waals surface area contributed by atoms with Crippen LogP contribution in [0, 0.1) is 11.6 Å². The highest BCUT2D eigenvalue weighted by atomic mass is 35.5. The Morgan fingerprint density at radius 1 is 0.830 bits per heavy atom. The Morgan fingerprint density at radius 3 is 1.92 bits per heavy atom. The van der Waals surface area contributed by atoms with Crippen molar-refractivity contribution in [3.05, 3.63) is 136 Å². The van der Waals surface area contributed by atoms with Crippen LogP contribution in [0.5, 0.6) is 0 Å². The minimum Gasteiger partial charge on any atom is -0.385 e. The number of aliphatic hydroxyl groups is 1. The molecule has 6 rings (SSSR count). The van der Waals surface area contributed by atoms with E-state index in [2.05, 4.69) is 20.5 Å². The molecule has 4 aromatic rings. The first-order valence-corrected chi connectivity index (χ1v) is 18.0. The molecule has 2 fully saturated rings. The second-order valence-electron chi connectivity index (χ2n) is 13.7. The van der Waals surface area contributed by atoms with Crippen molar-refractivity contribution in [2.24, 2.45) is 0 Å².